The number of nitrogens with zero attached hydrogens (tertiary/aromatic N) is 4. The summed E-state index contributed by atoms with van der Waals surface area (Å²) in [5, 5.41) is 8.25. The van der Waals surface area contributed by atoms with Crippen LogP contribution in [0.15, 0.2) is 42.6 Å². The molecule has 3 aromatic rings. The van der Waals surface area contributed by atoms with Crippen LogP contribution in [0.2, 0.25) is 0 Å². The third-order valence-corrected chi connectivity index (χ3v) is 5.32. The molecule has 7 heteroatoms. The predicted octanol–water partition coefficient (Wildman–Crippen LogP) is 4.19. The van der Waals surface area contributed by atoms with Crippen molar-refractivity contribution in [1.82, 2.24) is 20.0 Å². The smallest absolute Gasteiger partial charge is 0.164 e. The highest BCUT2D eigenvalue weighted by Gasteiger charge is 2.18. The second-order valence-electron chi connectivity index (χ2n) is 7.44. The van der Waals surface area contributed by atoms with E-state index in [0.29, 0.717) is 23.6 Å². The average molecular weight is 406 g/mol. The van der Waals surface area contributed by atoms with Gasteiger partial charge in [-0.15, -0.1) is 5.10 Å². The molecule has 4 rings (SSSR count). The van der Waals surface area contributed by atoms with E-state index in [4.69, 9.17) is 4.74 Å². The van der Waals surface area contributed by atoms with E-state index in [1.165, 1.54) is 12.1 Å². The lowest BCUT2D eigenvalue weighted by atomic mass is 9.92. The van der Waals surface area contributed by atoms with Gasteiger partial charge in [0.15, 0.2) is 5.78 Å². The number of carbonyl (C=O) groups excluding carboxylic acids is 1. The van der Waals surface area contributed by atoms with E-state index in [9.17, 15) is 9.18 Å². The van der Waals surface area contributed by atoms with E-state index in [-0.39, 0.29) is 11.6 Å². The molecule has 3 heterocycles. The van der Waals surface area contributed by atoms with Crippen LogP contribution in [0.1, 0.15) is 41.0 Å². The van der Waals surface area contributed by atoms with E-state index in [1.807, 2.05) is 24.3 Å². The van der Waals surface area contributed by atoms with Gasteiger partial charge in [0.25, 0.3) is 0 Å². The topological polar surface area (TPSA) is 69.9 Å². The van der Waals surface area contributed by atoms with Crippen molar-refractivity contribution in [2.45, 2.75) is 19.3 Å². The standard InChI is InChI=1S/C23H23FN4O2/c1-28-21(23(26-27-28)17-2-5-19(24)6-3-17)9-8-20-7-4-18(15-25-20)22(29)14-16-10-12-30-13-11-16/h2-9,15-16H,10-14H2,1H3/b9-8+. The van der Waals surface area contributed by atoms with Crippen molar-refractivity contribution in [3.05, 3.63) is 65.4 Å². The molecule has 0 amide bonds. The average Bonchev–Trinajstić information content (AvgIpc) is 3.14. The number of carbonyl (C=O) groups is 1. The molecule has 154 valence electrons. The minimum Gasteiger partial charge on any atom is -0.381 e. The normalized spacial score (nSPS) is 15.0. The minimum absolute atomic E-state index is 0.124. The number of aryl methyl sites for hydroxylation is 1. The van der Waals surface area contributed by atoms with Crippen molar-refractivity contribution in [2.24, 2.45) is 13.0 Å². The van der Waals surface area contributed by atoms with Gasteiger partial charge in [-0.3, -0.25) is 9.78 Å². The van der Waals surface area contributed by atoms with Crippen LogP contribution >= 0.6 is 0 Å². The lowest BCUT2D eigenvalue weighted by Crippen LogP contribution is -2.18. The maximum atomic E-state index is 13.2. The second kappa shape index (κ2) is 9.09. The fourth-order valence-corrected chi connectivity index (χ4v) is 3.53. The minimum atomic E-state index is -0.296. The molecule has 1 fully saturated rings. The number of hydrogen-bond donors (Lipinski definition) is 0. The number of aromatic nitrogens is 4. The Bertz CT molecular complexity index is 1040. The molecule has 1 aromatic carbocycles. The van der Waals surface area contributed by atoms with E-state index in [1.54, 1.807) is 30.1 Å². The van der Waals surface area contributed by atoms with Crippen molar-refractivity contribution < 1.29 is 13.9 Å². The van der Waals surface area contributed by atoms with Crippen LogP contribution in [0, 0.1) is 11.7 Å². The summed E-state index contributed by atoms with van der Waals surface area (Å²) >= 11 is 0. The Morgan fingerprint density at radius 1 is 1.17 bits per heavy atom. The van der Waals surface area contributed by atoms with Gasteiger partial charge < -0.3 is 4.74 Å². The number of hydrogen-bond acceptors (Lipinski definition) is 5. The van der Waals surface area contributed by atoms with Crippen LogP contribution in [0.25, 0.3) is 23.4 Å². The fraction of sp³-hybridized carbons (Fsp3) is 0.304. The van der Waals surface area contributed by atoms with Crippen molar-refractivity contribution in [2.75, 3.05) is 13.2 Å². The van der Waals surface area contributed by atoms with Gasteiger partial charge in [-0.05, 0) is 67.3 Å². The van der Waals surface area contributed by atoms with E-state index < -0.39 is 0 Å². The third-order valence-electron chi connectivity index (χ3n) is 5.32. The van der Waals surface area contributed by atoms with E-state index >= 15 is 0 Å². The number of Topliss-reactive ketones (excluding diaryl/α,β-unsaturated/α-hetero) is 1. The zero-order valence-corrected chi connectivity index (χ0v) is 16.8. The van der Waals surface area contributed by atoms with E-state index in [0.717, 1.165) is 43.0 Å². The molecule has 1 saturated heterocycles. The Balaban J connectivity index is 1.46. The molecular weight excluding hydrogens is 383 g/mol. The molecule has 30 heavy (non-hydrogen) atoms. The molecule has 0 unspecified atom stereocenters. The van der Waals surface area contributed by atoms with Crippen LogP contribution in [-0.2, 0) is 11.8 Å². The molecule has 0 radical (unpaired) electrons. The van der Waals surface area contributed by atoms with Crippen LogP contribution in [0.4, 0.5) is 4.39 Å². The first-order valence-electron chi connectivity index (χ1n) is 10.0. The van der Waals surface area contributed by atoms with Crippen LogP contribution in [0.5, 0.6) is 0 Å². The Morgan fingerprint density at radius 3 is 2.63 bits per heavy atom. The highest BCUT2D eigenvalue weighted by molar-refractivity contribution is 5.96. The van der Waals surface area contributed by atoms with Crippen molar-refractivity contribution in [3.63, 3.8) is 0 Å². The number of ketones is 1. The first-order valence-corrected chi connectivity index (χ1v) is 10.0. The van der Waals surface area contributed by atoms with Gasteiger partial charge in [-0.2, -0.15) is 0 Å². The number of pyridine rings is 1. The van der Waals surface area contributed by atoms with Gasteiger partial charge >= 0.3 is 0 Å². The third kappa shape index (κ3) is 4.68. The van der Waals surface area contributed by atoms with Crippen LogP contribution < -0.4 is 0 Å². The number of benzene rings is 1. The zero-order chi connectivity index (χ0) is 20.9. The molecule has 2 aromatic heterocycles. The SMILES string of the molecule is Cn1nnc(-c2ccc(F)cc2)c1/C=C/c1ccc(C(=O)CC2CCOCC2)cn1. The summed E-state index contributed by atoms with van der Waals surface area (Å²) in [6.07, 6.45) is 7.76. The summed E-state index contributed by atoms with van der Waals surface area (Å²) < 4.78 is 20.2. The highest BCUT2D eigenvalue weighted by atomic mass is 19.1. The molecule has 0 spiro atoms. The summed E-state index contributed by atoms with van der Waals surface area (Å²) in [6.45, 7) is 1.48. The molecular formula is C23H23FN4O2. The predicted molar refractivity (Wildman–Crippen MR) is 112 cm³/mol. The Labute approximate surface area is 174 Å². The van der Waals surface area contributed by atoms with Gasteiger partial charge in [0, 0.05) is 44.0 Å². The second-order valence-corrected chi connectivity index (χ2v) is 7.44. The molecule has 6 nitrogen and oxygen atoms in total. The quantitative estimate of drug-likeness (QED) is 0.574. The summed E-state index contributed by atoms with van der Waals surface area (Å²) in [4.78, 5) is 16.9. The lowest BCUT2D eigenvalue weighted by molar-refractivity contribution is 0.0601. The first-order chi connectivity index (χ1) is 14.6. The van der Waals surface area contributed by atoms with Gasteiger partial charge in [-0.1, -0.05) is 5.21 Å². The number of ether oxygens (including phenoxy) is 1. The van der Waals surface area contributed by atoms with Gasteiger partial charge in [0.05, 0.1) is 11.4 Å². The number of rotatable bonds is 6. The summed E-state index contributed by atoms with van der Waals surface area (Å²) in [7, 11) is 1.80. The molecule has 0 atom stereocenters. The Kier molecular flexibility index (Phi) is 6.09. The zero-order valence-electron chi connectivity index (χ0n) is 16.8. The van der Waals surface area contributed by atoms with Crippen molar-refractivity contribution in [1.29, 1.82) is 0 Å². The largest absolute Gasteiger partial charge is 0.381 e. The molecule has 0 aliphatic carbocycles. The Morgan fingerprint density at radius 2 is 1.93 bits per heavy atom. The highest BCUT2D eigenvalue weighted by Crippen LogP contribution is 2.23. The maximum absolute atomic E-state index is 13.2. The van der Waals surface area contributed by atoms with Gasteiger partial charge in [0.2, 0.25) is 0 Å². The molecule has 1 aliphatic heterocycles. The van der Waals surface area contributed by atoms with Gasteiger partial charge in [0.1, 0.15) is 11.5 Å². The summed E-state index contributed by atoms with van der Waals surface area (Å²) in [5.41, 5.74) is 3.59. The fourth-order valence-electron chi connectivity index (χ4n) is 3.53. The van der Waals surface area contributed by atoms with E-state index in [2.05, 4.69) is 15.3 Å². The lowest BCUT2D eigenvalue weighted by Gasteiger charge is -2.21. The Hall–Kier alpha value is -3.19. The summed E-state index contributed by atoms with van der Waals surface area (Å²) in [5.74, 6) is 0.225. The molecule has 0 saturated carbocycles. The first kappa shape index (κ1) is 20.1. The van der Waals surface area contributed by atoms with Crippen LogP contribution in [-0.4, -0.2) is 39.0 Å². The summed E-state index contributed by atoms with van der Waals surface area (Å²) in [6, 6.07) is 9.79. The molecule has 0 N–H and O–H groups in total. The monoisotopic (exact) mass is 406 g/mol. The van der Waals surface area contributed by atoms with Crippen LogP contribution in [0.3, 0.4) is 0 Å². The molecule has 1 aliphatic rings. The van der Waals surface area contributed by atoms with Crippen molar-refractivity contribution in [3.8, 4) is 11.3 Å². The maximum Gasteiger partial charge on any atom is 0.164 e. The number of halogens is 1. The van der Waals surface area contributed by atoms with Gasteiger partial charge in [-0.25, -0.2) is 9.07 Å². The molecule has 0 bridgehead atoms. The van der Waals surface area contributed by atoms with Crippen molar-refractivity contribution >= 4 is 17.9 Å².